The highest BCUT2D eigenvalue weighted by Crippen LogP contribution is 2.24. The number of hydrogen-bond acceptors (Lipinski definition) is 3. The first-order valence-electron chi connectivity index (χ1n) is 8.36. The molecule has 0 aliphatic carbocycles. The maximum absolute atomic E-state index is 5.65. The summed E-state index contributed by atoms with van der Waals surface area (Å²) in [6.45, 7) is 9.69. The molecule has 0 spiro atoms. The van der Waals surface area contributed by atoms with Gasteiger partial charge in [-0.05, 0) is 50.9 Å². The Morgan fingerprint density at radius 3 is 2.52 bits per heavy atom. The van der Waals surface area contributed by atoms with E-state index in [0.717, 1.165) is 31.4 Å². The minimum atomic E-state index is 0. The van der Waals surface area contributed by atoms with Gasteiger partial charge in [0.1, 0.15) is 5.76 Å². The van der Waals surface area contributed by atoms with Crippen molar-refractivity contribution in [1.82, 2.24) is 15.5 Å². The van der Waals surface area contributed by atoms with Crippen LogP contribution in [0, 0.1) is 5.92 Å². The molecule has 5 nitrogen and oxygen atoms in total. The molecule has 0 bridgehead atoms. The second-order valence-corrected chi connectivity index (χ2v) is 6.40. The predicted octanol–water partition coefficient (Wildman–Crippen LogP) is 3.24. The maximum atomic E-state index is 5.65. The number of rotatable bonds is 6. The molecule has 2 unspecified atom stereocenters. The van der Waals surface area contributed by atoms with Crippen LogP contribution in [0.4, 0.5) is 0 Å². The lowest BCUT2D eigenvalue weighted by atomic mass is 10.1. The quantitative estimate of drug-likeness (QED) is 0.410. The Labute approximate surface area is 157 Å². The first kappa shape index (κ1) is 20.3. The molecule has 1 saturated heterocycles. The van der Waals surface area contributed by atoms with E-state index in [1.54, 1.807) is 6.26 Å². The second kappa shape index (κ2) is 10.2. The highest BCUT2D eigenvalue weighted by atomic mass is 127. The fourth-order valence-corrected chi connectivity index (χ4v) is 2.71. The van der Waals surface area contributed by atoms with Gasteiger partial charge in [-0.3, -0.25) is 9.89 Å². The zero-order chi connectivity index (χ0) is 15.9. The summed E-state index contributed by atoms with van der Waals surface area (Å²) in [5, 5.41) is 6.90. The van der Waals surface area contributed by atoms with E-state index < -0.39 is 0 Å². The normalized spacial score (nSPS) is 18.6. The summed E-state index contributed by atoms with van der Waals surface area (Å²) in [7, 11) is 1.82. The zero-order valence-corrected chi connectivity index (χ0v) is 17.0. The Kier molecular flexibility index (Phi) is 8.98. The molecule has 2 N–H and O–H groups in total. The number of halogens is 1. The lowest BCUT2D eigenvalue weighted by Crippen LogP contribution is -2.46. The first-order valence-corrected chi connectivity index (χ1v) is 8.36. The van der Waals surface area contributed by atoms with Crippen LogP contribution in [0.2, 0.25) is 0 Å². The largest absolute Gasteiger partial charge is 0.468 e. The van der Waals surface area contributed by atoms with Crippen LogP contribution in [0.25, 0.3) is 0 Å². The summed E-state index contributed by atoms with van der Waals surface area (Å²) < 4.78 is 5.65. The minimum Gasteiger partial charge on any atom is -0.468 e. The van der Waals surface area contributed by atoms with Crippen LogP contribution in [0.3, 0.4) is 0 Å². The summed E-state index contributed by atoms with van der Waals surface area (Å²) in [5.41, 5.74) is 0. The topological polar surface area (TPSA) is 52.8 Å². The third-order valence-corrected chi connectivity index (χ3v) is 4.50. The summed E-state index contributed by atoms with van der Waals surface area (Å²) in [6, 6.07) is 4.69. The van der Waals surface area contributed by atoms with Gasteiger partial charge in [0.25, 0.3) is 0 Å². The molecule has 1 aliphatic rings. The Balaban J connectivity index is 0.00000264. The van der Waals surface area contributed by atoms with E-state index in [4.69, 9.17) is 4.42 Å². The Bertz CT molecular complexity index is 455. The maximum Gasteiger partial charge on any atom is 0.191 e. The van der Waals surface area contributed by atoms with Gasteiger partial charge in [0.05, 0.1) is 12.3 Å². The monoisotopic (exact) mass is 434 g/mol. The number of nitrogens with one attached hydrogen (secondary N) is 2. The van der Waals surface area contributed by atoms with Crippen LogP contribution in [-0.2, 0) is 0 Å². The summed E-state index contributed by atoms with van der Waals surface area (Å²) >= 11 is 0. The van der Waals surface area contributed by atoms with Crippen molar-refractivity contribution in [3.05, 3.63) is 24.2 Å². The molecule has 1 fully saturated rings. The zero-order valence-electron chi connectivity index (χ0n) is 14.7. The number of hydrogen-bond donors (Lipinski definition) is 2. The van der Waals surface area contributed by atoms with Gasteiger partial charge in [-0.15, -0.1) is 24.0 Å². The molecule has 2 atom stereocenters. The minimum absolute atomic E-state index is 0. The van der Waals surface area contributed by atoms with Crippen LogP contribution in [0.1, 0.15) is 45.4 Å². The van der Waals surface area contributed by atoms with E-state index >= 15 is 0 Å². The van der Waals surface area contributed by atoms with Crippen molar-refractivity contribution >= 4 is 29.9 Å². The molecule has 2 heterocycles. The predicted molar refractivity (Wildman–Crippen MR) is 106 cm³/mol. The molecule has 0 saturated carbocycles. The average molecular weight is 434 g/mol. The first-order chi connectivity index (χ1) is 10.6. The molecule has 0 radical (unpaired) electrons. The van der Waals surface area contributed by atoms with Crippen molar-refractivity contribution in [3.8, 4) is 0 Å². The lowest BCUT2D eigenvalue weighted by Gasteiger charge is -2.27. The van der Waals surface area contributed by atoms with Gasteiger partial charge in [0, 0.05) is 19.6 Å². The molecular weight excluding hydrogens is 403 g/mol. The molecule has 132 valence electrons. The van der Waals surface area contributed by atoms with Crippen molar-refractivity contribution in [1.29, 1.82) is 0 Å². The lowest BCUT2D eigenvalue weighted by molar-refractivity contribution is 0.215. The van der Waals surface area contributed by atoms with Gasteiger partial charge in [-0.1, -0.05) is 13.8 Å². The fraction of sp³-hybridized carbons (Fsp3) is 0.706. The Morgan fingerprint density at radius 1 is 1.30 bits per heavy atom. The summed E-state index contributed by atoms with van der Waals surface area (Å²) in [6.07, 6.45) is 4.30. The Morgan fingerprint density at radius 2 is 2.00 bits per heavy atom. The molecule has 0 aromatic carbocycles. The van der Waals surface area contributed by atoms with E-state index in [1.165, 1.54) is 12.8 Å². The van der Waals surface area contributed by atoms with E-state index in [1.807, 2.05) is 13.1 Å². The van der Waals surface area contributed by atoms with Crippen molar-refractivity contribution in [2.75, 3.05) is 26.7 Å². The molecule has 23 heavy (non-hydrogen) atoms. The standard InChI is InChI=1S/C17H30N4O.HI/c1-13(2)14(3)20-17(18-4)19-12-15(16-8-7-11-22-16)21-9-5-6-10-21;/h7-8,11,13-15H,5-6,9-10,12H2,1-4H3,(H2,18,19,20);1H. The highest BCUT2D eigenvalue weighted by Gasteiger charge is 2.25. The SMILES string of the molecule is CN=C(NCC(c1ccco1)N1CCCC1)NC(C)C(C)C.I. The molecule has 6 heteroatoms. The number of likely N-dealkylation sites (tertiary alicyclic amines) is 1. The van der Waals surface area contributed by atoms with Gasteiger partial charge in [-0.25, -0.2) is 0 Å². The van der Waals surface area contributed by atoms with Gasteiger partial charge in [-0.2, -0.15) is 0 Å². The van der Waals surface area contributed by atoms with Crippen LogP contribution < -0.4 is 10.6 Å². The Hall–Kier alpha value is -0.760. The molecule has 0 amide bonds. The van der Waals surface area contributed by atoms with E-state index in [-0.39, 0.29) is 30.0 Å². The third-order valence-electron chi connectivity index (χ3n) is 4.50. The number of guanidine groups is 1. The summed E-state index contributed by atoms with van der Waals surface area (Å²) in [5.74, 6) is 2.46. The van der Waals surface area contributed by atoms with Crippen molar-refractivity contribution in [2.24, 2.45) is 10.9 Å². The molecule has 1 aromatic rings. The molecular formula is C17H31IN4O. The average Bonchev–Trinajstić information content (AvgIpc) is 3.19. The van der Waals surface area contributed by atoms with E-state index in [0.29, 0.717) is 12.0 Å². The smallest absolute Gasteiger partial charge is 0.191 e. The third kappa shape index (κ3) is 5.99. The van der Waals surface area contributed by atoms with Gasteiger partial charge in [0.15, 0.2) is 5.96 Å². The van der Waals surface area contributed by atoms with E-state index in [9.17, 15) is 0 Å². The molecule has 1 aliphatic heterocycles. The van der Waals surface area contributed by atoms with Crippen molar-refractivity contribution < 1.29 is 4.42 Å². The van der Waals surface area contributed by atoms with Crippen LogP contribution in [0.5, 0.6) is 0 Å². The highest BCUT2D eigenvalue weighted by molar-refractivity contribution is 14.0. The van der Waals surface area contributed by atoms with Gasteiger partial charge in [0.2, 0.25) is 0 Å². The van der Waals surface area contributed by atoms with E-state index in [2.05, 4.69) is 47.4 Å². The van der Waals surface area contributed by atoms with Gasteiger partial charge >= 0.3 is 0 Å². The van der Waals surface area contributed by atoms with Crippen molar-refractivity contribution in [3.63, 3.8) is 0 Å². The fourth-order valence-electron chi connectivity index (χ4n) is 2.71. The number of furan rings is 1. The van der Waals surface area contributed by atoms with Gasteiger partial charge < -0.3 is 15.1 Å². The molecule has 1 aromatic heterocycles. The van der Waals surface area contributed by atoms with Crippen LogP contribution in [-0.4, -0.2) is 43.6 Å². The van der Waals surface area contributed by atoms with Crippen LogP contribution >= 0.6 is 24.0 Å². The molecule has 2 rings (SSSR count). The van der Waals surface area contributed by atoms with Crippen molar-refractivity contribution in [2.45, 2.75) is 45.7 Å². The second-order valence-electron chi connectivity index (χ2n) is 6.40. The number of nitrogens with zero attached hydrogens (tertiary/aromatic N) is 2. The summed E-state index contributed by atoms with van der Waals surface area (Å²) in [4.78, 5) is 6.83. The number of aliphatic imine (C=N–C) groups is 1. The van der Waals surface area contributed by atoms with Crippen LogP contribution in [0.15, 0.2) is 27.8 Å².